The Morgan fingerprint density at radius 1 is 1.29 bits per heavy atom. The molecule has 0 aliphatic carbocycles. The lowest BCUT2D eigenvalue weighted by Gasteiger charge is -2.12. The van der Waals surface area contributed by atoms with E-state index in [1.807, 2.05) is 17.7 Å². The molecule has 0 spiro atoms. The third kappa shape index (κ3) is 3.14. The molecule has 17 heavy (non-hydrogen) atoms. The van der Waals surface area contributed by atoms with Crippen molar-refractivity contribution in [2.45, 2.75) is 19.4 Å². The van der Waals surface area contributed by atoms with Crippen LogP contribution < -0.4 is 5.32 Å². The Balaban J connectivity index is 1.81. The fraction of sp³-hybridized carbons (Fsp3) is 0.385. The molecule has 1 heterocycles. The predicted molar refractivity (Wildman–Crippen MR) is 67.6 cm³/mol. The highest BCUT2D eigenvalue weighted by Crippen LogP contribution is 2.07. The minimum Gasteiger partial charge on any atom is -0.319 e. The molecule has 1 unspecified atom stereocenters. The zero-order chi connectivity index (χ0) is 12.1. The molecule has 0 bridgehead atoms. The van der Waals surface area contributed by atoms with Crippen molar-refractivity contribution in [3.63, 3.8) is 0 Å². The molecule has 1 aromatic carbocycles. The van der Waals surface area contributed by atoms with Crippen LogP contribution in [-0.4, -0.2) is 21.3 Å². The first-order chi connectivity index (χ1) is 8.27. The summed E-state index contributed by atoms with van der Waals surface area (Å²) >= 11 is 0. The maximum absolute atomic E-state index is 4.09. The minimum absolute atomic E-state index is 0.228. The Labute approximate surface area is 102 Å². The molecule has 0 saturated heterocycles. The number of benzene rings is 1. The zero-order valence-corrected chi connectivity index (χ0v) is 10.3. The van der Waals surface area contributed by atoms with E-state index < -0.39 is 0 Å². The van der Waals surface area contributed by atoms with E-state index in [1.165, 1.54) is 5.56 Å². The molecule has 0 radical (unpaired) electrons. The van der Waals surface area contributed by atoms with E-state index >= 15 is 0 Å². The lowest BCUT2D eigenvalue weighted by molar-refractivity contribution is 0.531. The van der Waals surface area contributed by atoms with Gasteiger partial charge in [0.2, 0.25) is 0 Å². The van der Waals surface area contributed by atoms with Crippen LogP contribution in [0.15, 0.2) is 36.7 Å². The summed E-state index contributed by atoms with van der Waals surface area (Å²) in [6.45, 7) is 3.05. The second kappa shape index (κ2) is 5.59. The summed E-state index contributed by atoms with van der Waals surface area (Å²) < 4.78 is 1.94. The molecule has 1 aromatic heterocycles. The van der Waals surface area contributed by atoms with Gasteiger partial charge in [-0.15, -0.1) is 10.2 Å². The Morgan fingerprint density at radius 2 is 2.06 bits per heavy atom. The largest absolute Gasteiger partial charge is 0.319 e. The number of rotatable bonds is 5. The van der Waals surface area contributed by atoms with Crippen molar-refractivity contribution < 1.29 is 0 Å². The van der Waals surface area contributed by atoms with Crippen molar-refractivity contribution in [1.82, 2.24) is 20.1 Å². The predicted octanol–water partition coefficient (Wildman–Crippen LogP) is 1.71. The highest BCUT2D eigenvalue weighted by Gasteiger charge is 2.09. The van der Waals surface area contributed by atoms with Crippen LogP contribution in [0.1, 0.15) is 24.4 Å². The van der Waals surface area contributed by atoms with E-state index in [-0.39, 0.29) is 6.04 Å². The summed E-state index contributed by atoms with van der Waals surface area (Å²) in [5.74, 6) is 0.970. The van der Waals surface area contributed by atoms with Crippen LogP contribution in [0.2, 0.25) is 0 Å². The second-order valence-electron chi connectivity index (χ2n) is 4.21. The van der Waals surface area contributed by atoms with Gasteiger partial charge in [-0.3, -0.25) is 0 Å². The van der Waals surface area contributed by atoms with Gasteiger partial charge in [0.25, 0.3) is 0 Å². The molecule has 4 heteroatoms. The van der Waals surface area contributed by atoms with Crippen molar-refractivity contribution in [3.05, 3.63) is 48.0 Å². The van der Waals surface area contributed by atoms with Crippen LogP contribution in [0.4, 0.5) is 0 Å². The average molecular weight is 230 g/mol. The minimum atomic E-state index is 0.228. The van der Waals surface area contributed by atoms with Gasteiger partial charge in [0.1, 0.15) is 12.2 Å². The van der Waals surface area contributed by atoms with Crippen LogP contribution >= 0.6 is 0 Å². The molecule has 0 amide bonds. The molecule has 90 valence electrons. The smallest absolute Gasteiger partial charge is 0.149 e. The van der Waals surface area contributed by atoms with Crippen molar-refractivity contribution >= 4 is 0 Å². The Hall–Kier alpha value is -1.68. The third-order valence-corrected chi connectivity index (χ3v) is 2.84. The fourth-order valence-corrected chi connectivity index (χ4v) is 1.85. The van der Waals surface area contributed by atoms with Crippen LogP contribution in [0.3, 0.4) is 0 Å². The molecular formula is C13H18N4. The van der Waals surface area contributed by atoms with Gasteiger partial charge in [-0.05, 0) is 25.5 Å². The topological polar surface area (TPSA) is 42.7 Å². The van der Waals surface area contributed by atoms with E-state index in [1.54, 1.807) is 6.33 Å². The lowest BCUT2D eigenvalue weighted by Crippen LogP contribution is -2.23. The quantitative estimate of drug-likeness (QED) is 0.850. The van der Waals surface area contributed by atoms with E-state index in [0.717, 1.165) is 18.8 Å². The van der Waals surface area contributed by atoms with E-state index in [4.69, 9.17) is 0 Å². The van der Waals surface area contributed by atoms with Crippen molar-refractivity contribution in [2.75, 3.05) is 6.54 Å². The molecule has 0 fully saturated rings. The molecule has 2 aromatic rings. The SMILES string of the molecule is CC(NCCc1ccccc1)c1nncn1C. The van der Waals surface area contributed by atoms with Crippen molar-refractivity contribution in [2.24, 2.45) is 7.05 Å². The maximum atomic E-state index is 4.09. The first kappa shape index (κ1) is 11.8. The normalized spacial score (nSPS) is 12.6. The Kier molecular flexibility index (Phi) is 3.88. The van der Waals surface area contributed by atoms with E-state index in [0.29, 0.717) is 0 Å². The summed E-state index contributed by atoms with van der Waals surface area (Å²) in [6, 6.07) is 10.7. The summed E-state index contributed by atoms with van der Waals surface area (Å²) in [5, 5.41) is 11.4. The van der Waals surface area contributed by atoms with Gasteiger partial charge in [-0.25, -0.2) is 0 Å². The number of nitrogens with one attached hydrogen (secondary N) is 1. The van der Waals surface area contributed by atoms with E-state index in [9.17, 15) is 0 Å². The molecule has 2 rings (SSSR count). The second-order valence-corrected chi connectivity index (χ2v) is 4.21. The summed E-state index contributed by atoms with van der Waals surface area (Å²) in [7, 11) is 1.96. The number of hydrogen-bond donors (Lipinski definition) is 1. The Morgan fingerprint density at radius 3 is 2.71 bits per heavy atom. The molecule has 0 aliphatic rings. The van der Waals surface area contributed by atoms with Gasteiger partial charge in [0.05, 0.1) is 6.04 Å². The number of aryl methyl sites for hydroxylation is 1. The van der Waals surface area contributed by atoms with Gasteiger partial charge >= 0.3 is 0 Å². The van der Waals surface area contributed by atoms with Crippen molar-refractivity contribution in [3.8, 4) is 0 Å². The van der Waals surface area contributed by atoms with Gasteiger partial charge in [0.15, 0.2) is 0 Å². The van der Waals surface area contributed by atoms with Crippen LogP contribution in [0.5, 0.6) is 0 Å². The third-order valence-electron chi connectivity index (χ3n) is 2.84. The average Bonchev–Trinajstić information content (AvgIpc) is 2.77. The van der Waals surface area contributed by atoms with Gasteiger partial charge in [-0.1, -0.05) is 30.3 Å². The van der Waals surface area contributed by atoms with Gasteiger partial charge in [0, 0.05) is 7.05 Å². The summed E-state index contributed by atoms with van der Waals surface area (Å²) in [6.07, 6.45) is 2.76. The molecular weight excluding hydrogens is 212 g/mol. The zero-order valence-electron chi connectivity index (χ0n) is 10.3. The van der Waals surface area contributed by atoms with E-state index in [2.05, 4.69) is 46.7 Å². The number of hydrogen-bond acceptors (Lipinski definition) is 3. The highest BCUT2D eigenvalue weighted by atomic mass is 15.3. The molecule has 4 nitrogen and oxygen atoms in total. The number of aromatic nitrogens is 3. The molecule has 0 saturated carbocycles. The fourth-order valence-electron chi connectivity index (χ4n) is 1.85. The first-order valence-electron chi connectivity index (χ1n) is 5.88. The summed E-state index contributed by atoms with van der Waals surface area (Å²) in [4.78, 5) is 0. The van der Waals surface area contributed by atoms with Crippen LogP contribution in [0, 0.1) is 0 Å². The van der Waals surface area contributed by atoms with Gasteiger partial charge < -0.3 is 9.88 Å². The first-order valence-corrected chi connectivity index (χ1v) is 5.88. The van der Waals surface area contributed by atoms with Crippen LogP contribution in [0.25, 0.3) is 0 Å². The van der Waals surface area contributed by atoms with Crippen molar-refractivity contribution in [1.29, 1.82) is 0 Å². The lowest BCUT2D eigenvalue weighted by atomic mass is 10.1. The molecule has 1 N–H and O–H groups in total. The number of nitrogens with zero attached hydrogens (tertiary/aromatic N) is 3. The maximum Gasteiger partial charge on any atom is 0.149 e. The van der Waals surface area contributed by atoms with Crippen LogP contribution in [-0.2, 0) is 13.5 Å². The Bertz CT molecular complexity index is 449. The molecule has 1 atom stereocenters. The monoisotopic (exact) mass is 230 g/mol. The summed E-state index contributed by atoms with van der Waals surface area (Å²) in [5.41, 5.74) is 1.35. The standard InChI is InChI=1S/C13H18N4/c1-11(13-16-15-10-17(13)2)14-9-8-12-6-4-3-5-7-12/h3-7,10-11,14H,8-9H2,1-2H3. The highest BCUT2D eigenvalue weighted by molar-refractivity contribution is 5.14. The molecule has 0 aliphatic heterocycles. The van der Waals surface area contributed by atoms with Gasteiger partial charge in [-0.2, -0.15) is 0 Å².